The van der Waals surface area contributed by atoms with Crippen molar-refractivity contribution in [3.8, 4) is 5.75 Å². The number of nitrogens with zero attached hydrogens (tertiary/aromatic N) is 3. The Hall–Kier alpha value is -2.76. The van der Waals surface area contributed by atoms with Gasteiger partial charge < -0.3 is 4.74 Å². The van der Waals surface area contributed by atoms with Crippen molar-refractivity contribution >= 4 is 16.9 Å². The molecule has 4 rings (SSSR count). The maximum atomic E-state index is 15.1. The van der Waals surface area contributed by atoms with Crippen LogP contribution in [-0.4, -0.2) is 20.7 Å². The summed E-state index contributed by atoms with van der Waals surface area (Å²) >= 11 is 0. The number of esters is 1. The number of carbonyl (C=O) groups is 1. The van der Waals surface area contributed by atoms with Crippen molar-refractivity contribution in [2.24, 2.45) is 0 Å². The van der Waals surface area contributed by atoms with Crippen LogP contribution in [0.3, 0.4) is 0 Å². The fourth-order valence-corrected chi connectivity index (χ4v) is 4.48. The Balaban J connectivity index is 1.88. The van der Waals surface area contributed by atoms with Crippen molar-refractivity contribution in [3.05, 3.63) is 51.7 Å². The van der Waals surface area contributed by atoms with Crippen LogP contribution >= 0.6 is 0 Å². The number of hydrogen-bond donors (Lipinski definition) is 0. The highest BCUT2D eigenvalue weighted by Gasteiger charge is 2.30. The van der Waals surface area contributed by atoms with Gasteiger partial charge in [0.25, 0.3) is 0 Å². The van der Waals surface area contributed by atoms with Gasteiger partial charge in [-0.25, -0.2) is 14.2 Å². The van der Waals surface area contributed by atoms with Crippen molar-refractivity contribution in [2.45, 2.75) is 92.0 Å². The lowest BCUT2D eigenvalue weighted by atomic mass is 9.86. The van der Waals surface area contributed by atoms with Gasteiger partial charge in [-0.05, 0) is 62.6 Å². The molecular weight excluding hydrogens is 417 g/mol. The summed E-state index contributed by atoms with van der Waals surface area (Å²) in [6.45, 7) is 14.8. The van der Waals surface area contributed by atoms with Gasteiger partial charge in [-0.1, -0.05) is 34.6 Å². The Labute approximate surface area is 195 Å². The van der Waals surface area contributed by atoms with Gasteiger partial charge in [-0.2, -0.15) is 5.10 Å². The van der Waals surface area contributed by atoms with E-state index in [-0.39, 0.29) is 16.8 Å². The molecule has 0 amide bonds. The van der Waals surface area contributed by atoms with Gasteiger partial charge in [-0.3, -0.25) is 4.68 Å². The largest absolute Gasteiger partial charge is 0.422 e. The number of hydrogen-bond acceptors (Lipinski definition) is 4. The van der Waals surface area contributed by atoms with Crippen LogP contribution in [0.15, 0.2) is 12.1 Å². The number of pyridine rings is 1. The third-order valence-corrected chi connectivity index (χ3v) is 6.93. The van der Waals surface area contributed by atoms with Gasteiger partial charge in [0.15, 0.2) is 0 Å². The van der Waals surface area contributed by atoms with E-state index in [1.54, 1.807) is 0 Å². The molecule has 33 heavy (non-hydrogen) atoms. The summed E-state index contributed by atoms with van der Waals surface area (Å²) in [6, 6.07) is 3.44. The van der Waals surface area contributed by atoms with Gasteiger partial charge in [0.05, 0.1) is 11.4 Å². The molecule has 1 atom stereocenters. The van der Waals surface area contributed by atoms with Crippen molar-refractivity contribution in [1.29, 1.82) is 0 Å². The molecular formula is C27H34FN3O2. The van der Waals surface area contributed by atoms with E-state index in [1.807, 2.05) is 45.4 Å². The highest BCUT2D eigenvalue weighted by atomic mass is 19.1. The lowest BCUT2D eigenvalue weighted by molar-refractivity contribution is 0.0732. The predicted molar refractivity (Wildman–Crippen MR) is 129 cm³/mol. The number of halogens is 1. The maximum Gasteiger partial charge on any atom is 0.347 e. The van der Waals surface area contributed by atoms with Crippen LogP contribution in [0, 0.1) is 19.7 Å². The number of aryl methyl sites for hydroxylation is 2. The summed E-state index contributed by atoms with van der Waals surface area (Å²) in [6.07, 6.45) is 3.78. The number of benzene rings is 1. The van der Waals surface area contributed by atoms with Gasteiger partial charge >= 0.3 is 5.97 Å². The molecule has 1 unspecified atom stereocenters. The minimum absolute atomic E-state index is 0.146. The van der Waals surface area contributed by atoms with Gasteiger partial charge in [0, 0.05) is 29.1 Å². The van der Waals surface area contributed by atoms with Crippen LogP contribution in [0.4, 0.5) is 4.39 Å². The van der Waals surface area contributed by atoms with Crippen LogP contribution in [0.25, 0.3) is 10.9 Å². The molecule has 0 fully saturated rings. The standard InChI is InChI=1S/C27H34FN3O2/c1-8-15(2)23-22(21-11-9-10-12-31(21)30-23)26(32)33-25-16(3)17(4)29-24-19(25)13-18(14-20(24)28)27(5,6)7/h13-15H,8-12H2,1-7H3. The number of fused-ring (bicyclic) bond motifs is 2. The Bertz CT molecular complexity index is 1240. The van der Waals surface area contributed by atoms with E-state index in [9.17, 15) is 4.79 Å². The molecule has 0 spiro atoms. The Morgan fingerprint density at radius 1 is 1.24 bits per heavy atom. The average molecular weight is 452 g/mol. The quantitative estimate of drug-likeness (QED) is 0.422. The third kappa shape index (κ3) is 4.16. The predicted octanol–water partition coefficient (Wildman–Crippen LogP) is 6.55. The second-order valence-electron chi connectivity index (χ2n) is 10.3. The van der Waals surface area contributed by atoms with E-state index in [1.165, 1.54) is 6.07 Å². The van der Waals surface area contributed by atoms with E-state index < -0.39 is 11.8 Å². The molecule has 2 aromatic heterocycles. The van der Waals surface area contributed by atoms with Gasteiger partial charge in [-0.15, -0.1) is 0 Å². The molecule has 1 aliphatic rings. The molecule has 1 aliphatic heterocycles. The third-order valence-electron chi connectivity index (χ3n) is 6.93. The smallest absolute Gasteiger partial charge is 0.347 e. The van der Waals surface area contributed by atoms with E-state index in [0.29, 0.717) is 22.4 Å². The fraction of sp³-hybridized carbons (Fsp3) is 0.519. The molecule has 0 bridgehead atoms. The second kappa shape index (κ2) is 8.54. The number of rotatable bonds is 4. The van der Waals surface area contributed by atoms with Crippen LogP contribution < -0.4 is 4.74 Å². The van der Waals surface area contributed by atoms with Gasteiger partial charge in [0.1, 0.15) is 22.6 Å². The van der Waals surface area contributed by atoms with E-state index in [0.717, 1.165) is 54.7 Å². The maximum absolute atomic E-state index is 15.1. The molecule has 0 saturated heterocycles. The van der Waals surface area contributed by atoms with Crippen molar-refractivity contribution in [1.82, 2.24) is 14.8 Å². The summed E-state index contributed by atoms with van der Waals surface area (Å²) in [5.74, 6) is -0.281. The first kappa shape index (κ1) is 23.4. The number of carbonyl (C=O) groups excluding carboxylic acids is 1. The lowest BCUT2D eigenvalue weighted by Gasteiger charge is -2.21. The number of ether oxygens (including phenoxy) is 1. The van der Waals surface area contributed by atoms with Crippen molar-refractivity contribution < 1.29 is 13.9 Å². The zero-order valence-electron chi connectivity index (χ0n) is 20.8. The molecule has 0 aliphatic carbocycles. The summed E-state index contributed by atoms with van der Waals surface area (Å²) in [5, 5.41) is 5.32. The van der Waals surface area contributed by atoms with Crippen LogP contribution in [-0.2, 0) is 18.4 Å². The second-order valence-corrected chi connectivity index (χ2v) is 10.3. The first-order valence-electron chi connectivity index (χ1n) is 12.0. The summed E-state index contributed by atoms with van der Waals surface area (Å²) < 4.78 is 23.2. The van der Waals surface area contributed by atoms with E-state index >= 15 is 4.39 Å². The van der Waals surface area contributed by atoms with Crippen molar-refractivity contribution in [3.63, 3.8) is 0 Å². The van der Waals surface area contributed by atoms with Crippen LogP contribution in [0.1, 0.15) is 98.4 Å². The first-order valence-corrected chi connectivity index (χ1v) is 12.0. The highest BCUT2D eigenvalue weighted by molar-refractivity contribution is 5.97. The zero-order chi connectivity index (χ0) is 24.1. The van der Waals surface area contributed by atoms with Crippen molar-refractivity contribution in [2.75, 3.05) is 0 Å². The molecule has 0 N–H and O–H groups in total. The molecule has 176 valence electrons. The molecule has 3 aromatic rings. The topological polar surface area (TPSA) is 57.0 Å². The van der Waals surface area contributed by atoms with E-state index in [4.69, 9.17) is 9.84 Å². The number of aromatic nitrogens is 3. The zero-order valence-corrected chi connectivity index (χ0v) is 20.8. The normalized spacial score (nSPS) is 14.9. The first-order chi connectivity index (χ1) is 15.5. The minimum Gasteiger partial charge on any atom is -0.422 e. The van der Waals surface area contributed by atoms with E-state index in [2.05, 4.69) is 18.8 Å². The Morgan fingerprint density at radius 3 is 2.64 bits per heavy atom. The summed E-state index contributed by atoms with van der Waals surface area (Å²) in [5.41, 5.74) is 4.53. The van der Waals surface area contributed by atoms with Gasteiger partial charge in [0.2, 0.25) is 0 Å². The summed E-state index contributed by atoms with van der Waals surface area (Å²) in [7, 11) is 0. The average Bonchev–Trinajstić information content (AvgIpc) is 3.15. The lowest BCUT2D eigenvalue weighted by Crippen LogP contribution is -2.18. The molecule has 6 heteroatoms. The molecule has 5 nitrogen and oxygen atoms in total. The molecule has 3 heterocycles. The molecule has 0 radical (unpaired) electrons. The minimum atomic E-state index is -0.412. The summed E-state index contributed by atoms with van der Waals surface area (Å²) in [4.78, 5) is 18.1. The van der Waals surface area contributed by atoms with Crippen LogP contribution in [0.5, 0.6) is 5.75 Å². The fourth-order valence-electron chi connectivity index (χ4n) is 4.48. The highest BCUT2D eigenvalue weighted by Crippen LogP contribution is 2.37. The Morgan fingerprint density at radius 2 is 1.97 bits per heavy atom. The SMILES string of the molecule is CCC(C)c1nn2c(c1C(=O)Oc1c(C)c(C)nc3c(F)cc(C(C)(C)C)cc13)CCCC2. The molecule has 0 saturated carbocycles. The Kier molecular flexibility index (Phi) is 6.06. The van der Waals surface area contributed by atoms with Crippen LogP contribution in [0.2, 0.25) is 0 Å². The monoisotopic (exact) mass is 451 g/mol. The molecule has 1 aromatic carbocycles.